The van der Waals surface area contributed by atoms with E-state index in [1.165, 1.54) is 25.3 Å². The van der Waals surface area contributed by atoms with Crippen molar-refractivity contribution in [1.29, 1.82) is 0 Å². The van der Waals surface area contributed by atoms with Crippen LogP contribution in [0.15, 0.2) is 30.3 Å². The highest BCUT2D eigenvalue weighted by atomic mass is 19.1. The number of benzene rings is 2. The van der Waals surface area contributed by atoms with E-state index in [9.17, 15) is 9.18 Å². The Morgan fingerprint density at radius 1 is 1.10 bits per heavy atom. The molecule has 0 saturated carbocycles. The first-order valence-corrected chi connectivity index (χ1v) is 6.65. The predicted molar refractivity (Wildman–Crippen MR) is 81.6 cm³/mol. The third-order valence-corrected chi connectivity index (χ3v) is 3.32. The predicted octanol–water partition coefficient (Wildman–Crippen LogP) is 4.01. The molecule has 1 amide bonds. The molecular weight excluding hydrogens is 269 g/mol. The molecule has 110 valence electrons. The van der Waals surface area contributed by atoms with E-state index in [0.717, 1.165) is 22.4 Å². The van der Waals surface area contributed by atoms with Gasteiger partial charge in [0.05, 0.1) is 12.7 Å². The zero-order valence-electron chi connectivity index (χ0n) is 12.6. The summed E-state index contributed by atoms with van der Waals surface area (Å²) in [4.78, 5) is 12.4. The zero-order chi connectivity index (χ0) is 15.6. The second-order valence-electron chi connectivity index (χ2n) is 5.07. The van der Waals surface area contributed by atoms with Crippen molar-refractivity contribution in [2.75, 3.05) is 12.4 Å². The number of anilines is 1. The first-order chi connectivity index (χ1) is 9.92. The molecule has 4 heteroatoms. The molecule has 2 rings (SSSR count). The van der Waals surface area contributed by atoms with Gasteiger partial charge in [0, 0.05) is 5.69 Å². The summed E-state index contributed by atoms with van der Waals surface area (Å²) in [6.45, 7) is 5.86. The van der Waals surface area contributed by atoms with Crippen molar-refractivity contribution in [2.24, 2.45) is 0 Å². The van der Waals surface area contributed by atoms with Crippen LogP contribution in [0.5, 0.6) is 5.75 Å². The Bertz CT molecular complexity index is 672. The molecule has 0 aromatic heterocycles. The molecular formula is C17H18FNO2. The molecule has 0 fully saturated rings. The minimum Gasteiger partial charge on any atom is -0.496 e. The molecule has 0 aliphatic rings. The second-order valence-corrected chi connectivity index (χ2v) is 5.07. The molecule has 0 spiro atoms. The van der Waals surface area contributed by atoms with Gasteiger partial charge in [-0.25, -0.2) is 4.39 Å². The lowest BCUT2D eigenvalue weighted by Crippen LogP contribution is -2.15. The summed E-state index contributed by atoms with van der Waals surface area (Å²) in [6, 6.07) is 7.86. The Hall–Kier alpha value is -2.36. The summed E-state index contributed by atoms with van der Waals surface area (Å²) in [5.41, 5.74) is 3.99. The van der Waals surface area contributed by atoms with E-state index in [1.807, 2.05) is 32.9 Å². The number of halogens is 1. The fourth-order valence-electron chi connectivity index (χ4n) is 2.42. The van der Waals surface area contributed by atoms with Gasteiger partial charge in [-0.15, -0.1) is 0 Å². The van der Waals surface area contributed by atoms with Crippen LogP contribution >= 0.6 is 0 Å². The lowest BCUT2D eigenvalue weighted by atomic mass is 10.0. The maximum absolute atomic E-state index is 13.4. The van der Waals surface area contributed by atoms with Gasteiger partial charge in [0.25, 0.3) is 5.91 Å². The van der Waals surface area contributed by atoms with E-state index in [2.05, 4.69) is 5.32 Å². The topological polar surface area (TPSA) is 38.3 Å². The lowest BCUT2D eigenvalue weighted by Gasteiger charge is -2.14. The monoisotopic (exact) mass is 287 g/mol. The first kappa shape index (κ1) is 15.0. The Labute approximate surface area is 123 Å². The van der Waals surface area contributed by atoms with Crippen LogP contribution in [0.25, 0.3) is 0 Å². The van der Waals surface area contributed by atoms with Gasteiger partial charge in [-0.3, -0.25) is 4.79 Å². The Kier molecular flexibility index (Phi) is 4.26. The average Bonchev–Trinajstić information content (AvgIpc) is 2.42. The summed E-state index contributed by atoms with van der Waals surface area (Å²) >= 11 is 0. The molecule has 0 radical (unpaired) electrons. The Balaban J connectivity index is 2.37. The van der Waals surface area contributed by atoms with Crippen LogP contribution in [-0.4, -0.2) is 13.0 Å². The van der Waals surface area contributed by atoms with Crippen molar-refractivity contribution in [3.63, 3.8) is 0 Å². The normalized spacial score (nSPS) is 10.3. The number of carbonyl (C=O) groups excluding carboxylic acids is 1. The summed E-state index contributed by atoms with van der Waals surface area (Å²) in [5, 5.41) is 2.84. The molecule has 0 atom stereocenters. The zero-order valence-corrected chi connectivity index (χ0v) is 12.6. The minimum atomic E-state index is -0.474. The number of hydrogen-bond donors (Lipinski definition) is 1. The average molecular weight is 287 g/mol. The number of hydrogen-bond acceptors (Lipinski definition) is 2. The quantitative estimate of drug-likeness (QED) is 0.926. The Morgan fingerprint density at radius 3 is 2.29 bits per heavy atom. The van der Waals surface area contributed by atoms with Crippen LogP contribution in [0.3, 0.4) is 0 Å². The largest absolute Gasteiger partial charge is 0.496 e. The number of ether oxygens (including phenoxy) is 1. The summed E-state index contributed by atoms with van der Waals surface area (Å²) in [7, 11) is 1.45. The first-order valence-electron chi connectivity index (χ1n) is 6.65. The van der Waals surface area contributed by atoms with Crippen LogP contribution in [0, 0.1) is 26.6 Å². The highest BCUT2D eigenvalue weighted by molar-refractivity contribution is 6.07. The number of nitrogens with one attached hydrogen (secondary N) is 1. The van der Waals surface area contributed by atoms with Gasteiger partial charge < -0.3 is 10.1 Å². The fraction of sp³-hybridized carbons (Fsp3) is 0.235. The van der Waals surface area contributed by atoms with Crippen LogP contribution in [0.4, 0.5) is 10.1 Å². The fourth-order valence-corrected chi connectivity index (χ4v) is 2.42. The molecule has 2 aromatic carbocycles. The lowest BCUT2D eigenvalue weighted by molar-refractivity contribution is 0.102. The van der Waals surface area contributed by atoms with Crippen molar-refractivity contribution >= 4 is 11.6 Å². The number of methoxy groups -OCH3 is 1. The van der Waals surface area contributed by atoms with Crippen molar-refractivity contribution < 1.29 is 13.9 Å². The van der Waals surface area contributed by atoms with Crippen LogP contribution in [0.1, 0.15) is 27.0 Å². The van der Waals surface area contributed by atoms with E-state index in [-0.39, 0.29) is 11.5 Å². The molecule has 0 aliphatic heterocycles. The molecule has 2 aromatic rings. The molecule has 0 heterocycles. The van der Waals surface area contributed by atoms with Crippen LogP contribution < -0.4 is 10.1 Å². The van der Waals surface area contributed by atoms with Gasteiger partial charge >= 0.3 is 0 Å². The van der Waals surface area contributed by atoms with Crippen molar-refractivity contribution in [2.45, 2.75) is 20.8 Å². The van der Waals surface area contributed by atoms with E-state index in [4.69, 9.17) is 4.74 Å². The van der Waals surface area contributed by atoms with Crippen molar-refractivity contribution in [1.82, 2.24) is 0 Å². The van der Waals surface area contributed by atoms with Gasteiger partial charge in [0.1, 0.15) is 11.6 Å². The maximum Gasteiger partial charge on any atom is 0.259 e. The standard InChI is InChI=1S/C17H18FNO2/c1-10-7-11(2)16(12(3)8-10)19-17(20)14-9-13(18)5-6-15(14)21-4/h5-9H,1-4H3,(H,19,20). The number of carbonyl (C=O) groups is 1. The van der Waals surface area contributed by atoms with Gasteiger partial charge in [0.2, 0.25) is 0 Å². The smallest absolute Gasteiger partial charge is 0.259 e. The third-order valence-electron chi connectivity index (χ3n) is 3.32. The molecule has 0 saturated heterocycles. The van der Waals surface area contributed by atoms with Gasteiger partial charge in [-0.1, -0.05) is 17.7 Å². The summed E-state index contributed by atoms with van der Waals surface area (Å²) in [6.07, 6.45) is 0. The van der Waals surface area contributed by atoms with Crippen molar-refractivity contribution in [3.8, 4) is 5.75 Å². The molecule has 3 nitrogen and oxygen atoms in total. The molecule has 0 bridgehead atoms. The van der Waals surface area contributed by atoms with Gasteiger partial charge in [-0.2, -0.15) is 0 Å². The Morgan fingerprint density at radius 2 is 1.71 bits per heavy atom. The molecule has 0 aliphatic carbocycles. The molecule has 21 heavy (non-hydrogen) atoms. The molecule has 0 unspecified atom stereocenters. The maximum atomic E-state index is 13.4. The summed E-state index contributed by atoms with van der Waals surface area (Å²) in [5.74, 6) is -0.518. The van der Waals surface area contributed by atoms with Crippen LogP contribution in [-0.2, 0) is 0 Å². The highest BCUT2D eigenvalue weighted by Crippen LogP contribution is 2.25. The minimum absolute atomic E-state index is 0.178. The number of rotatable bonds is 3. The van der Waals surface area contributed by atoms with E-state index < -0.39 is 5.82 Å². The number of amides is 1. The SMILES string of the molecule is COc1ccc(F)cc1C(=O)Nc1c(C)cc(C)cc1C. The molecule has 1 N–H and O–H groups in total. The number of aryl methyl sites for hydroxylation is 3. The van der Waals surface area contributed by atoms with Crippen molar-refractivity contribution in [3.05, 3.63) is 58.4 Å². The van der Waals surface area contributed by atoms with E-state index >= 15 is 0 Å². The van der Waals surface area contributed by atoms with Gasteiger partial charge in [-0.05, 0) is 50.1 Å². The van der Waals surface area contributed by atoms with Gasteiger partial charge in [0.15, 0.2) is 0 Å². The third kappa shape index (κ3) is 3.21. The summed E-state index contributed by atoms with van der Waals surface area (Å²) < 4.78 is 18.5. The second kappa shape index (κ2) is 5.95. The highest BCUT2D eigenvalue weighted by Gasteiger charge is 2.15. The van der Waals surface area contributed by atoms with E-state index in [1.54, 1.807) is 0 Å². The van der Waals surface area contributed by atoms with E-state index in [0.29, 0.717) is 5.75 Å². The van der Waals surface area contributed by atoms with Crippen LogP contribution in [0.2, 0.25) is 0 Å².